The van der Waals surface area contributed by atoms with Crippen LogP contribution < -0.4 is 10.2 Å². The van der Waals surface area contributed by atoms with E-state index in [0.717, 1.165) is 45.6 Å². The van der Waals surface area contributed by atoms with E-state index in [1.54, 1.807) is 4.90 Å². The van der Waals surface area contributed by atoms with Crippen LogP contribution in [-0.4, -0.2) is 49.7 Å². The minimum Gasteiger partial charge on any atom is -0.378 e. The molecule has 5 rings (SSSR count). The lowest BCUT2D eigenvalue weighted by Gasteiger charge is -2.26. The zero-order valence-corrected chi connectivity index (χ0v) is 19.6. The number of rotatable bonds is 3. The van der Waals surface area contributed by atoms with E-state index in [2.05, 4.69) is 17.4 Å². The van der Waals surface area contributed by atoms with Gasteiger partial charge in [0.25, 0.3) is 5.91 Å². The molecule has 3 aromatic carbocycles. The molecule has 0 saturated carbocycles. The number of hydrogen-bond donors (Lipinski definition) is 1. The first kappa shape index (κ1) is 22.2. The average Bonchev–Trinajstić information content (AvgIpc) is 3.27. The van der Waals surface area contributed by atoms with Crippen LogP contribution in [0.2, 0.25) is 0 Å². The summed E-state index contributed by atoms with van der Waals surface area (Å²) in [5, 5.41) is 3.04. The van der Waals surface area contributed by atoms with Crippen LogP contribution in [0.5, 0.6) is 0 Å². The van der Waals surface area contributed by atoms with Gasteiger partial charge in [-0.05, 0) is 84.5 Å². The van der Waals surface area contributed by atoms with Gasteiger partial charge in [0.2, 0.25) is 0 Å². The molecule has 34 heavy (non-hydrogen) atoms. The molecular weight excluding hydrogens is 426 g/mol. The largest absolute Gasteiger partial charge is 0.378 e. The number of nitrogens with one attached hydrogen (secondary N) is 1. The van der Waals surface area contributed by atoms with Gasteiger partial charge in [0.15, 0.2) is 0 Å². The van der Waals surface area contributed by atoms with Crippen LogP contribution in [0.3, 0.4) is 0 Å². The number of anilines is 2. The van der Waals surface area contributed by atoms with Crippen LogP contribution in [0.15, 0.2) is 60.7 Å². The predicted molar refractivity (Wildman–Crippen MR) is 135 cm³/mol. The molecule has 174 valence electrons. The quantitative estimate of drug-likeness (QED) is 0.602. The van der Waals surface area contributed by atoms with Crippen LogP contribution in [0.25, 0.3) is 11.1 Å². The van der Waals surface area contributed by atoms with Crippen molar-refractivity contribution in [2.45, 2.75) is 20.3 Å². The number of ether oxygens (including phenoxy) is 1. The van der Waals surface area contributed by atoms with Crippen LogP contribution in [-0.2, 0) is 11.2 Å². The van der Waals surface area contributed by atoms with Gasteiger partial charge in [-0.15, -0.1) is 0 Å². The Bertz CT molecular complexity index is 1210. The van der Waals surface area contributed by atoms with E-state index in [1.807, 2.05) is 67.3 Å². The molecular formula is C28H29N3O3. The van der Waals surface area contributed by atoms with Crippen LogP contribution in [0.1, 0.15) is 27.0 Å². The maximum absolute atomic E-state index is 13.0. The summed E-state index contributed by atoms with van der Waals surface area (Å²) < 4.78 is 5.34. The van der Waals surface area contributed by atoms with Gasteiger partial charge >= 0.3 is 6.03 Å². The van der Waals surface area contributed by atoms with Crippen molar-refractivity contribution in [1.29, 1.82) is 0 Å². The molecule has 1 saturated heterocycles. The van der Waals surface area contributed by atoms with Crippen molar-refractivity contribution in [3.05, 3.63) is 82.9 Å². The fraction of sp³-hybridized carbons (Fsp3) is 0.286. The Balaban J connectivity index is 1.30. The molecule has 0 spiro atoms. The lowest BCUT2D eigenvalue weighted by molar-refractivity contribution is 0.0303. The zero-order chi connectivity index (χ0) is 23.7. The monoisotopic (exact) mass is 455 g/mol. The van der Waals surface area contributed by atoms with Crippen LogP contribution in [0, 0.1) is 13.8 Å². The average molecular weight is 456 g/mol. The normalized spacial score (nSPS) is 15.2. The van der Waals surface area contributed by atoms with Gasteiger partial charge in [0.05, 0.1) is 13.2 Å². The number of urea groups is 1. The predicted octanol–water partition coefficient (Wildman–Crippen LogP) is 5.04. The number of carbonyl (C=O) groups is 2. The summed E-state index contributed by atoms with van der Waals surface area (Å²) in [5.41, 5.74) is 8.01. The zero-order valence-electron chi connectivity index (χ0n) is 19.6. The Morgan fingerprint density at radius 3 is 2.21 bits per heavy atom. The molecule has 0 unspecified atom stereocenters. The number of nitrogens with zero attached hydrogens (tertiary/aromatic N) is 2. The van der Waals surface area contributed by atoms with Gasteiger partial charge in [-0.25, -0.2) is 4.79 Å². The molecule has 0 bridgehead atoms. The van der Waals surface area contributed by atoms with Gasteiger partial charge in [-0.1, -0.05) is 24.3 Å². The molecule has 2 heterocycles. The Morgan fingerprint density at radius 1 is 0.824 bits per heavy atom. The summed E-state index contributed by atoms with van der Waals surface area (Å²) >= 11 is 0. The molecule has 2 aliphatic heterocycles. The number of aryl methyl sites for hydroxylation is 2. The number of hydrogen-bond acceptors (Lipinski definition) is 3. The first-order valence-corrected chi connectivity index (χ1v) is 11.8. The highest BCUT2D eigenvalue weighted by Gasteiger charge is 2.25. The first-order chi connectivity index (χ1) is 16.5. The summed E-state index contributed by atoms with van der Waals surface area (Å²) in [5.74, 6) is 0.0502. The smallest absolute Gasteiger partial charge is 0.326 e. The Labute approximate surface area is 200 Å². The summed E-state index contributed by atoms with van der Waals surface area (Å²) in [7, 11) is 0. The fourth-order valence-electron chi connectivity index (χ4n) is 4.78. The Morgan fingerprint density at radius 2 is 1.50 bits per heavy atom. The number of amides is 3. The second kappa shape index (κ2) is 9.31. The van der Waals surface area contributed by atoms with Crippen molar-refractivity contribution in [2.75, 3.05) is 43.1 Å². The third kappa shape index (κ3) is 4.54. The van der Waals surface area contributed by atoms with Crippen molar-refractivity contribution in [1.82, 2.24) is 4.90 Å². The molecule has 6 nitrogen and oxygen atoms in total. The van der Waals surface area contributed by atoms with E-state index >= 15 is 0 Å². The SMILES string of the molecule is Cc1cc(C)cc(NC(=O)N2CCc3cc(-c4ccc(C(=O)N5CCOCC5)cc4)ccc32)c1. The first-order valence-electron chi connectivity index (χ1n) is 11.8. The van der Waals surface area contributed by atoms with E-state index in [4.69, 9.17) is 4.74 Å². The molecule has 0 radical (unpaired) electrons. The highest BCUT2D eigenvalue weighted by molar-refractivity contribution is 6.03. The standard InChI is InChI=1S/C28H29N3O3/c1-19-15-20(2)17-25(16-19)29-28(33)31-10-9-24-18-23(7-8-26(24)31)21-3-5-22(6-4-21)27(32)30-11-13-34-14-12-30/h3-8,15-18H,9-14H2,1-2H3,(H,29,33). The maximum atomic E-state index is 13.0. The number of carbonyl (C=O) groups excluding carboxylic acids is 2. The summed E-state index contributed by atoms with van der Waals surface area (Å²) in [4.78, 5) is 29.3. The van der Waals surface area contributed by atoms with E-state index in [9.17, 15) is 9.59 Å². The molecule has 0 atom stereocenters. The Hall–Kier alpha value is -3.64. The highest BCUT2D eigenvalue weighted by Crippen LogP contribution is 2.33. The lowest BCUT2D eigenvalue weighted by Crippen LogP contribution is -2.40. The number of morpholine rings is 1. The minimum atomic E-state index is -0.109. The van der Waals surface area contributed by atoms with Gasteiger partial charge < -0.3 is 15.0 Å². The molecule has 2 aliphatic rings. The highest BCUT2D eigenvalue weighted by atomic mass is 16.5. The lowest BCUT2D eigenvalue weighted by atomic mass is 10.0. The molecule has 0 aliphatic carbocycles. The third-order valence-corrected chi connectivity index (χ3v) is 6.46. The number of fused-ring (bicyclic) bond motifs is 1. The molecule has 1 N–H and O–H groups in total. The topological polar surface area (TPSA) is 61.9 Å². The van der Waals surface area contributed by atoms with Crippen molar-refractivity contribution in [2.24, 2.45) is 0 Å². The van der Waals surface area contributed by atoms with Crippen LogP contribution >= 0.6 is 0 Å². The van der Waals surface area contributed by atoms with Crippen molar-refractivity contribution >= 4 is 23.3 Å². The fourth-order valence-corrected chi connectivity index (χ4v) is 4.78. The second-order valence-corrected chi connectivity index (χ2v) is 9.03. The van der Waals surface area contributed by atoms with Crippen molar-refractivity contribution in [3.8, 4) is 11.1 Å². The third-order valence-electron chi connectivity index (χ3n) is 6.46. The number of benzene rings is 3. The van der Waals surface area contributed by atoms with Gasteiger partial charge in [0, 0.05) is 36.6 Å². The van der Waals surface area contributed by atoms with E-state index < -0.39 is 0 Å². The Kier molecular flexibility index (Phi) is 6.07. The molecule has 3 aromatic rings. The maximum Gasteiger partial charge on any atom is 0.326 e. The van der Waals surface area contributed by atoms with Crippen LogP contribution in [0.4, 0.5) is 16.2 Å². The van der Waals surface area contributed by atoms with Crippen molar-refractivity contribution in [3.63, 3.8) is 0 Å². The molecule has 6 heteroatoms. The van der Waals surface area contributed by atoms with E-state index in [1.165, 1.54) is 0 Å². The molecule has 3 amide bonds. The molecule has 0 aromatic heterocycles. The summed E-state index contributed by atoms with van der Waals surface area (Å²) in [6.07, 6.45) is 0.817. The van der Waals surface area contributed by atoms with Gasteiger partial charge in [-0.2, -0.15) is 0 Å². The summed E-state index contributed by atoms with van der Waals surface area (Å²) in [6, 6.07) is 19.9. The minimum absolute atomic E-state index is 0.0502. The molecule has 1 fully saturated rings. The summed E-state index contributed by atoms with van der Waals surface area (Å²) in [6.45, 7) is 7.18. The van der Waals surface area contributed by atoms with Crippen molar-refractivity contribution < 1.29 is 14.3 Å². The van der Waals surface area contributed by atoms with Gasteiger partial charge in [-0.3, -0.25) is 9.69 Å². The second-order valence-electron chi connectivity index (χ2n) is 9.03. The van der Waals surface area contributed by atoms with E-state index in [-0.39, 0.29) is 11.9 Å². The van der Waals surface area contributed by atoms with Gasteiger partial charge in [0.1, 0.15) is 0 Å². The van der Waals surface area contributed by atoms with E-state index in [0.29, 0.717) is 38.4 Å².